The van der Waals surface area contributed by atoms with E-state index in [4.69, 9.17) is 9.10 Å². The van der Waals surface area contributed by atoms with Crippen LogP contribution in [-0.2, 0) is 9.73 Å². The van der Waals surface area contributed by atoms with Crippen molar-refractivity contribution in [2.24, 2.45) is 4.36 Å². The van der Waals surface area contributed by atoms with Crippen LogP contribution >= 0.6 is 0 Å². The summed E-state index contributed by atoms with van der Waals surface area (Å²) in [6, 6.07) is 30.9. The molecule has 5 rings (SSSR count). The predicted molar refractivity (Wildman–Crippen MR) is 139 cm³/mol. The van der Waals surface area contributed by atoms with E-state index in [1.165, 1.54) is 6.07 Å². The maximum atomic E-state index is 14.3. The summed E-state index contributed by atoms with van der Waals surface area (Å²) in [6.07, 6.45) is 1.71. The number of hydrogen-bond acceptors (Lipinski definition) is 6. The molecule has 0 aliphatic heterocycles. The number of pyridine rings is 1. The molecule has 0 aliphatic rings. The molecule has 0 saturated heterocycles. The van der Waals surface area contributed by atoms with Gasteiger partial charge in [-0.3, -0.25) is 4.98 Å². The number of fused-ring (bicyclic) bond motifs is 1. The summed E-state index contributed by atoms with van der Waals surface area (Å²) < 4.78 is 24.4. The fraction of sp³-hybridized carbons (Fsp3) is 0.0357. The Morgan fingerprint density at radius 1 is 0.857 bits per heavy atom. The molecule has 0 atom stereocenters. The number of aromatic nitrogens is 1. The van der Waals surface area contributed by atoms with Gasteiger partial charge in [-0.25, -0.2) is 4.21 Å². The molecular formula is C28H23N3O3S. The highest BCUT2D eigenvalue weighted by atomic mass is 32.2. The Morgan fingerprint density at radius 3 is 2.20 bits per heavy atom. The van der Waals surface area contributed by atoms with Gasteiger partial charge in [0.2, 0.25) is 0 Å². The Balaban J connectivity index is 1.65. The predicted octanol–water partition coefficient (Wildman–Crippen LogP) is 6.91. The number of rotatable bonds is 6. The van der Waals surface area contributed by atoms with Crippen LogP contribution in [0.3, 0.4) is 0 Å². The Bertz CT molecular complexity index is 1570. The molecule has 2 N–H and O–H groups in total. The van der Waals surface area contributed by atoms with Crippen LogP contribution in [0, 0.1) is 0 Å². The van der Waals surface area contributed by atoms with Gasteiger partial charge in [0.15, 0.2) is 0 Å². The standard InChI is InChI=1S/C28H23N3O3S/c1-34-23-17-21(16-22(32)19-23)30-28-14-15-29-27-13-12-20(18-26(27)28)31-35(33,24-8-4-2-5-9-24)25-10-6-3-7-11-25/h2-19,32H,1H3,(H,29,30). The molecule has 0 aliphatic carbocycles. The van der Waals surface area contributed by atoms with Crippen LogP contribution in [0.1, 0.15) is 0 Å². The van der Waals surface area contributed by atoms with Gasteiger partial charge in [-0.2, -0.15) is 4.36 Å². The molecule has 35 heavy (non-hydrogen) atoms. The summed E-state index contributed by atoms with van der Waals surface area (Å²) in [5.74, 6) is 0.623. The molecular weight excluding hydrogens is 458 g/mol. The van der Waals surface area contributed by atoms with Crippen molar-refractivity contribution in [1.29, 1.82) is 0 Å². The number of phenolic OH excluding ortho intramolecular Hbond substituents is 1. The highest BCUT2D eigenvalue weighted by Gasteiger charge is 2.16. The number of nitrogens with one attached hydrogen (secondary N) is 1. The summed E-state index contributed by atoms with van der Waals surface area (Å²) in [6.45, 7) is 0. The van der Waals surface area contributed by atoms with Crippen LogP contribution in [0.5, 0.6) is 11.5 Å². The van der Waals surface area contributed by atoms with E-state index in [0.717, 1.165) is 16.6 Å². The molecule has 4 aromatic carbocycles. The first-order valence-corrected chi connectivity index (χ1v) is 12.5. The summed E-state index contributed by atoms with van der Waals surface area (Å²) in [4.78, 5) is 5.74. The van der Waals surface area contributed by atoms with Crippen molar-refractivity contribution >= 4 is 37.7 Å². The van der Waals surface area contributed by atoms with E-state index in [1.807, 2.05) is 84.9 Å². The van der Waals surface area contributed by atoms with E-state index in [9.17, 15) is 9.32 Å². The lowest BCUT2D eigenvalue weighted by molar-refractivity contribution is 0.408. The average Bonchev–Trinajstić information content (AvgIpc) is 2.89. The minimum Gasteiger partial charge on any atom is -0.508 e. The number of nitrogens with zero attached hydrogens (tertiary/aromatic N) is 2. The lowest BCUT2D eigenvalue weighted by Crippen LogP contribution is -2.01. The van der Waals surface area contributed by atoms with Crippen LogP contribution in [0.15, 0.2) is 123 Å². The highest BCUT2D eigenvalue weighted by molar-refractivity contribution is 7.93. The van der Waals surface area contributed by atoms with Gasteiger partial charge < -0.3 is 15.2 Å². The molecule has 0 fully saturated rings. The molecule has 0 radical (unpaired) electrons. The molecule has 0 bridgehead atoms. The number of benzene rings is 4. The highest BCUT2D eigenvalue weighted by Crippen LogP contribution is 2.34. The molecule has 0 unspecified atom stereocenters. The second-order valence-corrected chi connectivity index (χ2v) is 10.0. The number of methoxy groups -OCH3 is 1. The monoisotopic (exact) mass is 481 g/mol. The fourth-order valence-electron chi connectivity index (χ4n) is 3.83. The smallest absolute Gasteiger partial charge is 0.124 e. The van der Waals surface area contributed by atoms with E-state index in [0.29, 0.717) is 26.9 Å². The van der Waals surface area contributed by atoms with Crippen molar-refractivity contribution in [1.82, 2.24) is 4.98 Å². The number of phenols is 1. The lowest BCUT2D eigenvalue weighted by Gasteiger charge is -2.13. The average molecular weight is 482 g/mol. The van der Waals surface area contributed by atoms with Gasteiger partial charge in [0.05, 0.1) is 28.1 Å². The Labute approximate surface area is 204 Å². The molecule has 5 aromatic rings. The second kappa shape index (κ2) is 9.48. The zero-order valence-electron chi connectivity index (χ0n) is 19.0. The topological polar surface area (TPSA) is 83.8 Å². The molecule has 6 nitrogen and oxygen atoms in total. The van der Waals surface area contributed by atoms with Gasteiger partial charge in [0, 0.05) is 41.2 Å². The van der Waals surface area contributed by atoms with Gasteiger partial charge in [-0.1, -0.05) is 36.4 Å². The largest absolute Gasteiger partial charge is 0.508 e. The van der Waals surface area contributed by atoms with Crippen LogP contribution in [0.2, 0.25) is 0 Å². The number of aromatic hydroxyl groups is 1. The van der Waals surface area contributed by atoms with E-state index in [1.54, 1.807) is 25.4 Å². The summed E-state index contributed by atoms with van der Waals surface area (Å²) in [5.41, 5.74) is 2.76. The normalized spacial score (nSPS) is 11.2. The third-order valence-corrected chi connectivity index (χ3v) is 7.78. The van der Waals surface area contributed by atoms with Crippen molar-refractivity contribution in [2.75, 3.05) is 12.4 Å². The van der Waals surface area contributed by atoms with Crippen LogP contribution in [0.25, 0.3) is 10.9 Å². The molecule has 7 heteroatoms. The molecule has 0 amide bonds. The van der Waals surface area contributed by atoms with Crippen molar-refractivity contribution in [3.63, 3.8) is 0 Å². The first kappa shape index (κ1) is 22.4. The number of anilines is 2. The minimum absolute atomic E-state index is 0.0892. The molecule has 0 saturated carbocycles. The third kappa shape index (κ3) is 4.67. The van der Waals surface area contributed by atoms with Crippen LogP contribution in [-0.4, -0.2) is 21.4 Å². The van der Waals surface area contributed by atoms with Crippen molar-refractivity contribution in [3.05, 3.63) is 109 Å². The van der Waals surface area contributed by atoms with Crippen molar-refractivity contribution < 1.29 is 14.1 Å². The maximum absolute atomic E-state index is 14.3. The third-order valence-electron chi connectivity index (χ3n) is 5.49. The molecule has 174 valence electrons. The van der Waals surface area contributed by atoms with Gasteiger partial charge in [0.25, 0.3) is 0 Å². The zero-order chi connectivity index (χ0) is 24.3. The summed E-state index contributed by atoms with van der Waals surface area (Å²) in [7, 11) is -1.37. The lowest BCUT2D eigenvalue weighted by atomic mass is 10.1. The number of ether oxygens (including phenoxy) is 1. The zero-order valence-corrected chi connectivity index (χ0v) is 19.8. The SMILES string of the molecule is COc1cc(O)cc(Nc2ccnc3ccc(N=S(=O)(c4ccccc4)c4ccccc4)cc23)c1. The van der Waals surface area contributed by atoms with Gasteiger partial charge in [0.1, 0.15) is 21.2 Å². The molecule has 1 aromatic heterocycles. The van der Waals surface area contributed by atoms with E-state index in [2.05, 4.69) is 10.3 Å². The van der Waals surface area contributed by atoms with E-state index < -0.39 is 9.73 Å². The Hall–Kier alpha value is -4.36. The second-order valence-electron chi connectivity index (χ2n) is 7.85. The first-order chi connectivity index (χ1) is 17.0. The molecule has 0 spiro atoms. The summed E-state index contributed by atoms with van der Waals surface area (Å²) in [5, 5.41) is 14.2. The quantitative estimate of drug-likeness (QED) is 0.275. The van der Waals surface area contributed by atoms with Crippen molar-refractivity contribution in [2.45, 2.75) is 9.79 Å². The van der Waals surface area contributed by atoms with Crippen LogP contribution < -0.4 is 10.1 Å². The molecule has 1 heterocycles. The van der Waals surface area contributed by atoms with Gasteiger partial charge in [-0.15, -0.1) is 0 Å². The Morgan fingerprint density at radius 2 is 1.54 bits per heavy atom. The van der Waals surface area contributed by atoms with E-state index >= 15 is 0 Å². The summed E-state index contributed by atoms with van der Waals surface area (Å²) >= 11 is 0. The van der Waals surface area contributed by atoms with Gasteiger partial charge in [-0.05, 0) is 48.5 Å². The Kier molecular flexibility index (Phi) is 6.08. The number of hydrogen-bond donors (Lipinski definition) is 2. The van der Waals surface area contributed by atoms with Gasteiger partial charge >= 0.3 is 0 Å². The van der Waals surface area contributed by atoms with Crippen molar-refractivity contribution in [3.8, 4) is 11.5 Å². The fourth-order valence-corrected chi connectivity index (χ4v) is 5.77. The minimum atomic E-state index is -2.92. The van der Waals surface area contributed by atoms with E-state index in [-0.39, 0.29) is 5.75 Å². The maximum Gasteiger partial charge on any atom is 0.124 e. The van der Waals surface area contributed by atoms with Crippen LogP contribution in [0.4, 0.5) is 17.1 Å². The first-order valence-electron chi connectivity index (χ1n) is 11.0.